The molecule has 28 heavy (non-hydrogen) atoms. The van der Waals surface area contributed by atoms with E-state index >= 15 is 0 Å². The fraction of sp³-hybridized carbons (Fsp3) is 0.227. The maximum Gasteiger partial charge on any atom is 0.261 e. The number of amides is 1. The van der Waals surface area contributed by atoms with Crippen LogP contribution in [0.3, 0.4) is 0 Å². The maximum absolute atomic E-state index is 12.6. The van der Waals surface area contributed by atoms with Gasteiger partial charge in [0.15, 0.2) is 0 Å². The van der Waals surface area contributed by atoms with E-state index in [1.807, 2.05) is 43.5 Å². The standard InChI is InChI=1S/C22H22N4O2/c1-15-5-4-7-18-21(15)25-14-26(22(18)28)12-10-20(27)23-11-9-16-13-24-19-8-3-2-6-17(16)19/h2-8,13-14,24H,9-12H2,1H3,(H,23,27). The highest BCUT2D eigenvalue weighted by Crippen LogP contribution is 2.17. The van der Waals surface area contributed by atoms with Gasteiger partial charge in [-0.3, -0.25) is 14.2 Å². The molecule has 0 radical (unpaired) electrons. The van der Waals surface area contributed by atoms with Crippen LogP contribution in [0.5, 0.6) is 0 Å². The molecule has 4 aromatic rings. The summed E-state index contributed by atoms with van der Waals surface area (Å²) in [6.07, 6.45) is 4.51. The van der Waals surface area contributed by atoms with Crippen molar-refractivity contribution in [3.8, 4) is 0 Å². The molecule has 6 nitrogen and oxygen atoms in total. The molecule has 2 heterocycles. The number of H-pyrrole nitrogens is 1. The third kappa shape index (κ3) is 3.53. The second-order valence-electron chi connectivity index (χ2n) is 6.92. The maximum atomic E-state index is 12.6. The zero-order valence-electron chi connectivity index (χ0n) is 15.7. The van der Waals surface area contributed by atoms with Crippen molar-refractivity contribution in [1.82, 2.24) is 19.9 Å². The first-order valence-electron chi connectivity index (χ1n) is 9.40. The highest BCUT2D eigenvalue weighted by atomic mass is 16.1. The normalized spacial score (nSPS) is 11.2. The van der Waals surface area contributed by atoms with Gasteiger partial charge in [0.25, 0.3) is 5.56 Å². The number of carbonyl (C=O) groups is 1. The van der Waals surface area contributed by atoms with E-state index in [-0.39, 0.29) is 17.9 Å². The van der Waals surface area contributed by atoms with E-state index in [9.17, 15) is 9.59 Å². The molecule has 142 valence electrons. The highest BCUT2D eigenvalue weighted by molar-refractivity contribution is 5.83. The molecule has 1 amide bonds. The highest BCUT2D eigenvalue weighted by Gasteiger charge is 2.08. The number of aromatic amines is 1. The second-order valence-corrected chi connectivity index (χ2v) is 6.92. The van der Waals surface area contributed by atoms with Gasteiger partial charge in [-0.2, -0.15) is 0 Å². The Morgan fingerprint density at radius 1 is 1.14 bits per heavy atom. The Bertz CT molecular complexity index is 1210. The number of para-hydroxylation sites is 2. The number of carbonyl (C=O) groups excluding carboxylic acids is 1. The summed E-state index contributed by atoms with van der Waals surface area (Å²) in [4.78, 5) is 32.4. The van der Waals surface area contributed by atoms with Crippen LogP contribution in [0.15, 0.2) is 59.8 Å². The van der Waals surface area contributed by atoms with Crippen molar-refractivity contribution < 1.29 is 4.79 Å². The van der Waals surface area contributed by atoms with Gasteiger partial charge in [0, 0.05) is 36.6 Å². The minimum absolute atomic E-state index is 0.0731. The van der Waals surface area contributed by atoms with Crippen molar-refractivity contribution in [3.63, 3.8) is 0 Å². The van der Waals surface area contributed by atoms with Crippen LogP contribution in [-0.2, 0) is 17.8 Å². The topological polar surface area (TPSA) is 79.8 Å². The van der Waals surface area contributed by atoms with Gasteiger partial charge < -0.3 is 10.3 Å². The zero-order valence-corrected chi connectivity index (χ0v) is 15.7. The van der Waals surface area contributed by atoms with E-state index in [4.69, 9.17) is 0 Å². The van der Waals surface area contributed by atoms with Crippen LogP contribution in [0, 0.1) is 6.92 Å². The Hall–Kier alpha value is -3.41. The summed E-state index contributed by atoms with van der Waals surface area (Å²) in [7, 11) is 0. The monoisotopic (exact) mass is 374 g/mol. The van der Waals surface area contributed by atoms with Gasteiger partial charge >= 0.3 is 0 Å². The number of nitrogens with one attached hydrogen (secondary N) is 2. The molecule has 0 aliphatic carbocycles. The van der Waals surface area contributed by atoms with Gasteiger partial charge in [0.05, 0.1) is 17.2 Å². The molecule has 0 atom stereocenters. The second kappa shape index (κ2) is 7.68. The van der Waals surface area contributed by atoms with E-state index in [1.165, 1.54) is 21.8 Å². The van der Waals surface area contributed by atoms with Crippen molar-refractivity contribution in [2.75, 3.05) is 6.54 Å². The van der Waals surface area contributed by atoms with E-state index in [0.29, 0.717) is 24.0 Å². The Morgan fingerprint density at radius 3 is 2.86 bits per heavy atom. The van der Waals surface area contributed by atoms with Crippen LogP contribution in [0.2, 0.25) is 0 Å². The van der Waals surface area contributed by atoms with Crippen molar-refractivity contribution in [2.24, 2.45) is 0 Å². The van der Waals surface area contributed by atoms with Crippen molar-refractivity contribution in [2.45, 2.75) is 26.3 Å². The zero-order chi connectivity index (χ0) is 19.5. The molecule has 0 unspecified atom stereocenters. The SMILES string of the molecule is Cc1cccc2c(=O)n(CCC(=O)NCCc3c[nH]c4ccccc34)cnc12. The van der Waals surface area contributed by atoms with Crippen LogP contribution >= 0.6 is 0 Å². The Labute approximate surface area is 162 Å². The summed E-state index contributed by atoms with van der Waals surface area (Å²) in [5.41, 5.74) is 3.85. The molecule has 2 N–H and O–H groups in total. The lowest BCUT2D eigenvalue weighted by atomic mass is 10.1. The predicted molar refractivity (Wildman–Crippen MR) is 110 cm³/mol. The van der Waals surface area contributed by atoms with Crippen LogP contribution in [0.25, 0.3) is 21.8 Å². The lowest BCUT2D eigenvalue weighted by Gasteiger charge is -2.08. The number of benzene rings is 2. The van der Waals surface area contributed by atoms with Gasteiger partial charge in [-0.1, -0.05) is 30.3 Å². The Balaban J connectivity index is 1.34. The van der Waals surface area contributed by atoms with E-state index in [1.54, 1.807) is 6.07 Å². The van der Waals surface area contributed by atoms with Crippen LogP contribution in [-0.4, -0.2) is 27.0 Å². The first kappa shape index (κ1) is 18.0. The van der Waals surface area contributed by atoms with Crippen LogP contribution in [0.1, 0.15) is 17.5 Å². The molecular weight excluding hydrogens is 352 g/mol. The summed E-state index contributed by atoms with van der Waals surface area (Å²) in [6, 6.07) is 13.7. The quantitative estimate of drug-likeness (QED) is 0.545. The van der Waals surface area contributed by atoms with Crippen molar-refractivity contribution in [1.29, 1.82) is 0 Å². The minimum atomic E-state index is -0.111. The third-order valence-corrected chi connectivity index (χ3v) is 5.03. The van der Waals surface area contributed by atoms with E-state index in [0.717, 1.165) is 17.5 Å². The molecule has 0 saturated carbocycles. The third-order valence-electron chi connectivity index (χ3n) is 5.03. The van der Waals surface area contributed by atoms with Gasteiger partial charge in [-0.05, 0) is 36.6 Å². The first-order chi connectivity index (χ1) is 13.6. The smallest absolute Gasteiger partial charge is 0.261 e. The molecule has 2 aromatic carbocycles. The fourth-order valence-electron chi connectivity index (χ4n) is 3.48. The molecule has 0 fully saturated rings. The van der Waals surface area contributed by atoms with Gasteiger partial charge in [-0.25, -0.2) is 4.98 Å². The predicted octanol–water partition coefficient (Wildman–Crippen LogP) is 2.94. The summed E-state index contributed by atoms with van der Waals surface area (Å²) < 4.78 is 1.50. The lowest BCUT2D eigenvalue weighted by Crippen LogP contribution is -2.29. The van der Waals surface area contributed by atoms with E-state index < -0.39 is 0 Å². The number of aromatic nitrogens is 3. The van der Waals surface area contributed by atoms with Gasteiger partial charge in [0.1, 0.15) is 0 Å². The average molecular weight is 374 g/mol. The van der Waals surface area contributed by atoms with Crippen molar-refractivity contribution in [3.05, 3.63) is 76.5 Å². The summed E-state index contributed by atoms with van der Waals surface area (Å²) in [5.74, 6) is -0.0731. The summed E-state index contributed by atoms with van der Waals surface area (Å²) >= 11 is 0. The first-order valence-corrected chi connectivity index (χ1v) is 9.40. The number of hydrogen-bond donors (Lipinski definition) is 2. The molecule has 0 spiro atoms. The summed E-state index contributed by atoms with van der Waals surface area (Å²) in [6.45, 7) is 2.81. The molecule has 0 bridgehead atoms. The van der Waals surface area contributed by atoms with Crippen LogP contribution in [0.4, 0.5) is 0 Å². The number of rotatable bonds is 6. The molecule has 0 saturated heterocycles. The molecular formula is C22H22N4O2. The largest absolute Gasteiger partial charge is 0.361 e. The molecule has 4 rings (SSSR count). The number of hydrogen-bond acceptors (Lipinski definition) is 3. The molecule has 6 heteroatoms. The van der Waals surface area contributed by atoms with Gasteiger partial charge in [0.2, 0.25) is 5.91 Å². The number of nitrogens with zero attached hydrogens (tertiary/aromatic N) is 2. The lowest BCUT2D eigenvalue weighted by molar-refractivity contribution is -0.121. The van der Waals surface area contributed by atoms with Crippen LogP contribution < -0.4 is 10.9 Å². The molecule has 0 aliphatic rings. The minimum Gasteiger partial charge on any atom is -0.361 e. The van der Waals surface area contributed by atoms with E-state index in [2.05, 4.69) is 21.4 Å². The van der Waals surface area contributed by atoms with Gasteiger partial charge in [-0.15, -0.1) is 0 Å². The molecule has 0 aliphatic heterocycles. The molecule has 2 aromatic heterocycles. The average Bonchev–Trinajstić information content (AvgIpc) is 3.11. The summed E-state index contributed by atoms with van der Waals surface area (Å²) in [5, 5.41) is 4.70. The number of fused-ring (bicyclic) bond motifs is 2. The Morgan fingerprint density at radius 2 is 1.96 bits per heavy atom. The fourth-order valence-corrected chi connectivity index (χ4v) is 3.48. The Kier molecular flexibility index (Phi) is 4.93. The number of aryl methyl sites for hydroxylation is 2. The van der Waals surface area contributed by atoms with Crippen molar-refractivity contribution >= 4 is 27.7 Å².